The number of rotatable bonds is 4. The number of anilines is 2. The summed E-state index contributed by atoms with van der Waals surface area (Å²) in [6.07, 6.45) is -4.52. The SMILES string of the molecule is COc1cc2[nH]c(N3CCN(c4ccc(Cl)c(C(F)(F)F)c4)CC3)nc(=O)c2c(C)c1OC. The van der Waals surface area contributed by atoms with Gasteiger partial charge in [-0.1, -0.05) is 11.6 Å². The third-order valence-electron chi connectivity index (χ3n) is 5.78. The summed E-state index contributed by atoms with van der Waals surface area (Å²) in [7, 11) is 3.02. The van der Waals surface area contributed by atoms with Crippen molar-refractivity contribution in [2.24, 2.45) is 0 Å². The number of hydrogen-bond donors (Lipinski definition) is 1. The number of benzene rings is 2. The van der Waals surface area contributed by atoms with E-state index in [2.05, 4.69) is 9.97 Å². The van der Waals surface area contributed by atoms with Crippen molar-refractivity contribution in [3.63, 3.8) is 0 Å². The van der Waals surface area contributed by atoms with Gasteiger partial charge in [-0.15, -0.1) is 0 Å². The minimum atomic E-state index is -4.52. The molecule has 2 heterocycles. The van der Waals surface area contributed by atoms with E-state index in [-0.39, 0.29) is 5.02 Å². The van der Waals surface area contributed by atoms with E-state index in [9.17, 15) is 18.0 Å². The Kier molecular flexibility index (Phi) is 6.04. The van der Waals surface area contributed by atoms with E-state index in [0.29, 0.717) is 65.8 Å². The fourth-order valence-corrected chi connectivity index (χ4v) is 4.33. The zero-order chi connectivity index (χ0) is 23.9. The van der Waals surface area contributed by atoms with Gasteiger partial charge in [-0.05, 0) is 25.1 Å². The van der Waals surface area contributed by atoms with Crippen LogP contribution in [0.3, 0.4) is 0 Å². The molecular formula is C22H22ClF3N4O3. The van der Waals surface area contributed by atoms with E-state index in [0.717, 1.165) is 6.07 Å². The highest BCUT2D eigenvalue weighted by Crippen LogP contribution is 2.37. The van der Waals surface area contributed by atoms with Gasteiger partial charge in [-0.3, -0.25) is 4.79 Å². The van der Waals surface area contributed by atoms with Gasteiger partial charge in [0.1, 0.15) is 0 Å². The van der Waals surface area contributed by atoms with E-state index in [1.165, 1.54) is 20.3 Å². The van der Waals surface area contributed by atoms with Crippen LogP contribution in [0.25, 0.3) is 10.9 Å². The number of piperazine rings is 1. The maximum Gasteiger partial charge on any atom is 0.417 e. The Labute approximate surface area is 192 Å². The monoisotopic (exact) mass is 482 g/mol. The lowest BCUT2D eigenvalue weighted by atomic mass is 10.1. The van der Waals surface area contributed by atoms with E-state index in [1.54, 1.807) is 19.1 Å². The second kappa shape index (κ2) is 8.66. The molecule has 1 fully saturated rings. The summed E-state index contributed by atoms with van der Waals surface area (Å²) < 4.78 is 50.4. The van der Waals surface area contributed by atoms with E-state index in [1.807, 2.05) is 9.80 Å². The molecule has 176 valence electrons. The lowest BCUT2D eigenvalue weighted by Crippen LogP contribution is -2.47. The van der Waals surface area contributed by atoms with Gasteiger partial charge in [-0.25, -0.2) is 0 Å². The van der Waals surface area contributed by atoms with Gasteiger partial charge < -0.3 is 24.3 Å². The van der Waals surface area contributed by atoms with E-state index >= 15 is 0 Å². The number of fused-ring (bicyclic) bond motifs is 1. The van der Waals surface area contributed by atoms with Crippen molar-refractivity contribution in [3.05, 3.63) is 50.8 Å². The minimum Gasteiger partial charge on any atom is -0.493 e. The molecule has 4 rings (SSSR count). The third kappa shape index (κ3) is 4.27. The molecule has 1 aromatic heterocycles. The lowest BCUT2D eigenvalue weighted by Gasteiger charge is -2.36. The highest BCUT2D eigenvalue weighted by molar-refractivity contribution is 6.31. The van der Waals surface area contributed by atoms with Gasteiger partial charge in [0.25, 0.3) is 5.56 Å². The van der Waals surface area contributed by atoms with Crippen molar-refractivity contribution in [3.8, 4) is 11.5 Å². The molecule has 0 unspecified atom stereocenters. The van der Waals surface area contributed by atoms with Crippen LogP contribution < -0.4 is 24.8 Å². The number of nitrogens with zero attached hydrogens (tertiary/aromatic N) is 3. The number of aromatic amines is 1. The first-order chi connectivity index (χ1) is 15.6. The number of halogens is 4. The van der Waals surface area contributed by atoms with Gasteiger partial charge in [0.05, 0.1) is 35.7 Å². The molecule has 2 aromatic carbocycles. The highest BCUT2D eigenvalue weighted by atomic mass is 35.5. The maximum absolute atomic E-state index is 13.2. The van der Waals surface area contributed by atoms with Crippen LogP contribution >= 0.6 is 11.6 Å². The largest absolute Gasteiger partial charge is 0.493 e. The molecule has 1 aliphatic heterocycles. The van der Waals surface area contributed by atoms with Crippen LogP contribution in [0, 0.1) is 6.92 Å². The summed E-state index contributed by atoms with van der Waals surface area (Å²) in [5.41, 5.74) is 0.380. The molecule has 1 saturated heterocycles. The van der Waals surface area contributed by atoms with E-state index < -0.39 is 17.3 Å². The predicted octanol–water partition coefficient (Wildman–Crippen LogP) is 4.25. The van der Waals surface area contributed by atoms with Crippen molar-refractivity contribution in [2.75, 3.05) is 50.2 Å². The van der Waals surface area contributed by atoms with Gasteiger partial charge >= 0.3 is 6.18 Å². The van der Waals surface area contributed by atoms with Crippen LogP contribution in [0.5, 0.6) is 11.5 Å². The molecule has 1 aliphatic rings. The highest BCUT2D eigenvalue weighted by Gasteiger charge is 2.34. The average Bonchev–Trinajstić information content (AvgIpc) is 2.78. The number of aromatic nitrogens is 2. The number of H-pyrrole nitrogens is 1. The van der Waals surface area contributed by atoms with Crippen LogP contribution in [0.15, 0.2) is 29.1 Å². The summed E-state index contributed by atoms with van der Waals surface area (Å²) in [4.78, 5) is 23.9. The molecule has 0 saturated carbocycles. The molecule has 0 radical (unpaired) electrons. The lowest BCUT2D eigenvalue weighted by molar-refractivity contribution is -0.137. The molecule has 0 spiro atoms. The first kappa shape index (κ1) is 23.0. The van der Waals surface area contributed by atoms with Crippen molar-refractivity contribution in [2.45, 2.75) is 13.1 Å². The van der Waals surface area contributed by atoms with Gasteiger partial charge in [0.15, 0.2) is 11.5 Å². The Hall–Kier alpha value is -3.14. The van der Waals surface area contributed by atoms with Gasteiger partial charge in [0, 0.05) is 43.5 Å². The second-order valence-electron chi connectivity index (χ2n) is 7.66. The Morgan fingerprint density at radius 2 is 1.73 bits per heavy atom. The van der Waals surface area contributed by atoms with Crippen molar-refractivity contribution in [1.82, 2.24) is 9.97 Å². The maximum atomic E-state index is 13.2. The molecule has 33 heavy (non-hydrogen) atoms. The summed E-state index contributed by atoms with van der Waals surface area (Å²) in [5, 5.41) is 0.0843. The number of nitrogens with one attached hydrogen (secondary N) is 1. The molecule has 0 amide bonds. The summed E-state index contributed by atoms with van der Waals surface area (Å²) in [6, 6.07) is 5.59. The Bertz CT molecular complexity index is 1250. The summed E-state index contributed by atoms with van der Waals surface area (Å²) in [5.74, 6) is 1.36. The van der Waals surface area contributed by atoms with Crippen LogP contribution in [-0.2, 0) is 6.18 Å². The summed E-state index contributed by atoms with van der Waals surface area (Å²) in [6.45, 7) is 3.59. The first-order valence-corrected chi connectivity index (χ1v) is 10.5. The normalized spacial score (nSPS) is 14.6. The zero-order valence-corrected chi connectivity index (χ0v) is 19.0. The number of alkyl halides is 3. The van der Waals surface area contributed by atoms with Crippen molar-refractivity contribution in [1.29, 1.82) is 0 Å². The topological polar surface area (TPSA) is 70.7 Å². The zero-order valence-electron chi connectivity index (χ0n) is 18.2. The molecular weight excluding hydrogens is 461 g/mol. The molecule has 7 nitrogen and oxygen atoms in total. The Morgan fingerprint density at radius 1 is 1.06 bits per heavy atom. The van der Waals surface area contributed by atoms with Crippen molar-refractivity contribution < 1.29 is 22.6 Å². The molecule has 3 aromatic rings. The smallest absolute Gasteiger partial charge is 0.417 e. The minimum absolute atomic E-state index is 0.329. The van der Waals surface area contributed by atoms with Crippen LogP contribution in [-0.4, -0.2) is 50.4 Å². The van der Waals surface area contributed by atoms with Crippen LogP contribution in [0.2, 0.25) is 5.02 Å². The number of methoxy groups -OCH3 is 2. The quantitative estimate of drug-likeness (QED) is 0.599. The Morgan fingerprint density at radius 3 is 2.33 bits per heavy atom. The predicted molar refractivity (Wildman–Crippen MR) is 121 cm³/mol. The van der Waals surface area contributed by atoms with E-state index in [4.69, 9.17) is 21.1 Å². The second-order valence-corrected chi connectivity index (χ2v) is 8.07. The molecule has 11 heteroatoms. The standard InChI is InChI=1S/C22H22ClF3N4O3/c1-12-18-16(11-17(32-2)19(12)33-3)27-21(28-20(18)31)30-8-6-29(7-9-30)13-4-5-15(23)14(10-13)22(24,25)26/h4-5,10-11H,6-9H2,1-3H3,(H,27,28,31). The molecule has 0 bridgehead atoms. The fourth-order valence-electron chi connectivity index (χ4n) is 4.10. The molecule has 0 atom stereocenters. The molecule has 0 aliphatic carbocycles. The van der Waals surface area contributed by atoms with Gasteiger partial charge in [0.2, 0.25) is 5.95 Å². The summed E-state index contributed by atoms with van der Waals surface area (Å²) >= 11 is 5.73. The number of hydrogen-bond acceptors (Lipinski definition) is 6. The van der Waals surface area contributed by atoms with Gasteiger partial charge in [-0.2, -0.15) is 18.2 Å². The number of ether oxygens (including phenoxy) is 2. The first-order valence-electron chi connectivity index (χ1n) is 10.2. The number of aryl methyl sites for hydroxylation is 1. The fraction of sp³-hybridized carbons (Fsp3) is 0.364. The molecule has 1 N–H and O–H groups in total. The third-order valence-corrected chi connectivity index (χ3v) is 6.11. The van der Waals surface area contributed by atoms with Crippen molar-refractivity contribution >= 4 is 34.1 Å². The average molecular weight is 483 g/mol. The van der Waals surface area contributed by atoms with Crippen LogP contribution in [0.4, 0.5) is 24.8 Å². The Balaban J connectivity index is 1.59. The van der Waals surface area contributed by atoms with Crippen LogP contribution in [0.1, 0.15) is 11.1 Å².